The molecule has 1 aromatic carbocycles. The lowest BCUT2D eigenvalue weighted by molar-refractivity contribution is 0.297. The summed E-state index contributed by atoms with van der Waals surface area (Å²) >= 11 is 0. The second-order valence-corrected chi connectivity index (χ2v) is 5.73. The molecule has 1 N–H and O–H groups in total. The van der Waals surface area contributed by atoms with Crippen LogP contribution < -0.4 is 15.1 Å². The Morgan fingerprint density at radius 1 is 1.00 bits per heavy atom. The highest BCUT2D eigenvalue weighted by atomic mass is 16.5. The number of benzene rings is 1. The SMILES string of the molecule is CCC=CCCOc1c(O)c(=O)oc2c(OCCC=CCC)cccc12. The molecule has 26 heavy (non-hydrogen) atoms. The van der Waals surface area contributed by atoms with E-state index in [0.717, 1.165) is 19.3 Å². The van der Waals surface area contributed by atoms with Crippen LogP contribution in [0.1, 0.15) is 39.5 Å². The molecule has 0 amide bonds. The first kappa shape index (κ1) is 19.6. The summed E-state index contributed by atoms with van der Waals surface area (Å²) in [5.41, 5.74) is -0.549. The zero-order chi connectivity index (χ0) is 18.8. The number of allylic oxidation sites excluding steroid dienone is 2. The van der Waals surface area contributed by atoms with E-state index < -0.39 is 11.4 Å². The van der Waals surface area contributed by atoms with Gasteiger partial charge in [-0.15, -0.1) is 0 Å². The molecule has 0 saturated carbocycles. The molecule has 2 rings (SSSR count). The first-order chi connectivity index (χ1) is 12.7. The summed E-state index contributed by atoms with van der Waals surface area (Å²) in [6, 6.07) is 5.25. The van der Waals surface area contributed by atoms with Crippen LogP contribution in [0.25, 0.3) is 11.0 Å². The molecule has 5 heteroatoms. The zero-order valence-corrected chi connectivity index (χ0v) is 15.4. The first-order valence-corrected chi connectivity index (χ1v) is 9.03. The molecule has 2 aromatic rings. The lowest BCUT2D eigenvalue weighted by Gasteiger charge is -2.12. The van der Waals surface area contributed by atoms with Crippen LogP contribution in [0.4, 0.5) is 0 Å². The largest absolute Gasteiger partial charge is 0.499 e. The predicted molar refractivity (Wildman–Crippen MR) is 103 cm³/mol. The molecule has 0 saturated heterocycles. The highest BCUT2D eigenvalue weighted by Crippen LogP contribution is 2.36. The monoisotopic (exact) mass is 358 g/mol. The molecule has 0 spiro atoms. The smallest absolute Gasteiger partial charge is 0.382 e. The quantitative estimate of drug-likeness (QED) is 0.369. The lowest BCUT2D eigenvalue weighted by Crippen LogP contribution is -2.05. The van der Waals surface area contributed by atoms with Gasteiger partial charge in [0.2, 0.25) is 5.75 Å². The maximum absolute atomic E-state index is 12.0. The number of ether oxygens (including phenoxy) is 2. The summed E-state index contributed by atoms with van der Waals surface area (Å²) in [5, 5.41) is 10.6. The van der Waals surface area contributed by atoms with E-state index in [4.69, 9.17) is 13.9 Å². The molecule has 1 heterocycles. The van der Waals surface area contributed by atoms with Crippen molar-refractivity contribution in [3.8, 4) is 17.2 Å². The van der Waals surface area contributed by atoms with E-state index in [1.54, 1.807) is 18.2 Å². The van der Waals surface area contributed by atoms with Gasteiger partial charge in [0.05, 0.1) is 18.6 Å². The fraction of sp³-hybridized carbons (Fsp3) is 0.381. The van der Waals surface area contributed by atoms with Gasteiger partial charge in [-0.3, -0.25) is 0 Å². The molecule has 1 aromatic heterocycles. The molecule has 0 unspecified atom stereocenters. The second-order valence-electron chi connectivity index (χ2n) is 5.73. The Balaban J connectivity index is 2.24. The van der Waals surface area contributed by atoms with Crippen molar-refractivity contribution in [3.05, 3.63) is 52.9 Å². The normalized spacial score (nSPS) is 11.6. The average molecular weight is 358 g/mol. The van der Waals surface area contributed by atoms with E-state index in [1.807, 2.05) is 18.2 Å². The Hall–Kier alpha value is -2.69. The Morgan fingerprint density at radius 2 is 1.65 bits per heavy atom. The number of rotatable bonds is 10. The molecule has 0 aliphatic carbocycles. The van der Waals surface area contributed by atoms with Crippen molar-refractivity contribution in [1.29, 1.82) is 0 Å². The summed E-state index contributed by atoms with van der Waals surface area (Å²) in [4.78, 5) is 12.0. The van der Waals surface area contributed by atoms with Crippen molar-refractivity contribution < 1.29 is 19.0 Å². The molecule has 0 aliphatic heterocycles. The molecule has 5 nitrogen and oxygen atoms in total. The van der Waals surface area contributed by atoms with Crippen LogP contribution in [-0.2, 0) is 0 Å². The topological polar surface area (TPSA) is 68.9 Å². The van der Waals surface area contributed by atoms with E-state index in [2.05, 4.69) is 19.9 Å². The third-order valence-corrected chi connectivity index (χ3v) is 3.70. The number of hydrogen-bond acceptors (Lipinski definition) is 5. The molecule has 0 radical (unpaired) electrons. The molecular weight excluding hydrogens is 332 g/mol. The third-order valence-electron chi connectivity index (χ3n) is 3.70. The van der Waals surface area contributed by atoms with Crippen LogP contribution in [0.5, 0.6) is 17.2 Å². The van der Waals surface area contributed by atoms with Crippen molar-refractivity contribution in [3.63, 3.8) is 0 Å². The van der Waals surface area contributed by atoms with E-state index in [0.29, 0.717) is 30.8 Å². The van der Waals surface area contributed by atoms with Crippen LogP contribution in [0.15, 0.2) is 51.7 Å². The third kappa shape index (κ3) is 5.15. The van der Waals surface area contributed by atoms with Gasteiger partial charge in [0.15, 0.2) is 17.1 Å². The van der Waals surface area contributed by atoms with Crippen molar-refractivity contribution in [2.45, 2.75) is 39.5 Å². The second kappa shape index (κ2) is 10.3. The minimum Gasteiger partial charge on any atom is -0.499 e. The minimum atomic E-state index is -0.835. The Kier molecular flexibility index (Phi) is 7.80. The van der Waals surface area contributed by atoms with E-state index in [-0.39, 0.29) is 11.3 Å². The van der Waals surface area contributed by atoms with Crippen molar-refractivity contribution in [2.75, 3.05) is 13.2 Å². The van der Waals surface area contributed by atoms with Crippen LogP contribution in [0.3, 0.4) is 0 Å². The van der Waals surface area contributed by atoms with Crippen LogP contribution in [-0.4, -0.2) is 18.3 Å². The Bertz CT molecular complexity index is 817. The zero-order valence-electron chi connectivity index (χ0n) is 15.4. The standard InChI is InChI=1S/C21H26O5/c1-3-5-7-9-14-24-17-13-11-12-16-19(17)26-21(23)18(22)20(16)25-15-10-8-6-4-2/h5-8,11-13,22H,3-4,9-10,14-15H2,1-2H3. The van der Waals surface area contributed by atoms with Gasteiger partial charge in [0.1, 0.15) is 0 Å². The van der Waals surface area contributed by atoms with Gasteiger partial charge in [0.25, 0.3) is 0 Å². The Morgan fingerprint density at radius 3 is 2.31 bits per heavy atom. The summed E-state index contributed by atoms with van der Waals surface area (Å²) in [6.07, 6.45) is 11.6. The first-order valence-electron chi connectivity index (χ1n) is 9.03. The summed E-state index contributed by atoms with van der Waals surface area (Å²) in [7, 11) is 0. The fourth-order valence-corrected chi connectivity index (χ4v) is 2.46. The molecule has 0 atom stereocenters. The molecule has 0 aliphatic rings. The molecule has 0 fully saturated rings. The van der Waals surface area contributed by atoms with E-state index in [9.17, 15) is 9.90 Å². The van der Waals surface area contributed by atoms with Crippen molar-refractivity contribution in [1.82, 2.24) is 0 Å². The predicted octanol–water partition coefficient (Wildman–Crippen LogP) is 4.97. The molecule has 140 valence electrons. The minimum absolute atomic E-state index is 0.137. The highest BCUT2D eigenvalue weighted by Gasteiger charge is 2.17. The fourth-order valence-electron chi connectivity index (χ4n) is 2.46. The van der Waals surface area contributed by atoms with Gasteiger partial charge in [-0.25, -0.2) is 4.79 Å². The maximum atomic E-state index is 12.0. The summed E-state index contributed by atoms with van der Waals surface area (Å²) in [5.74, 6) is 0.0812. The van der Waals surface area contributed by atoms with Crippen LogP contribution in [0, 0.1) is 0 Å². The number of hydrogen-bond donors (Lipinski definition) is 1. The number of aromatic hydroxyl groups is 1. The van der Waals surface area contributed by atoms with E-state index in [1.165, 1.54) is 0 Å². The summed E-state index contributed by atoms with van der Waals surface area (Å²) in [6.45, 7) is 4.95. The highest BCUT2D eigenvalue weighted by molar-refractivity contribution is 5.89. The number of fused-ring (bicyclic) bond motifs is 1. The van der Waals surface area contributed by atoms with Crippen molar-refractivity contribution >= 4 is 11.0 Å². The van der Waals surface area contributed by atoms with Gasteiger partial charge < -0.3 is 19.0 Å². The van der Waals surface area contributed by atoms with E-state index >= 15 is 0 Å². The van der Waals surface area contributed by atoms with Gasteiger partial charge in [-0.2, -0.15) is 0 Å². The van der Waals surface area contributed by atoms with Gasteiger partial charge in [-0.1, -0.05) is 44.2 Å². The number of para-hydroxylation sites is 1. The molecular formula is C21H26O5. The van der Waals surface area contributed by atoms with Crippen LogP contribution >= 0.6 is 0 Å². The average Bonchev–Trinajstić information content (AvgIpc) is 2.64. The Labute approximate surface area is 153 Å². The van der Waals surface area contributed by atoms with Crippen molar-refractivity contribution in [2.24, 2.45) is 0 Å². The van der Waals surface area contributed by atoms with Gasteiger partial charge in [0, 0.05) is 0 Å². The molecule has 0 bridgehead atoms. The van der Waals surface area contributed by atoms with Crippen LogP contribution in [0.2, 0.25) is 0 Å². The van der Waals surface area contributed by atoms with Gasteiger partial charge in [-0.05, 0) is 37.8 Å². The summed E-state index contributed by atoms with van der Waals surface area (Å²) < 4.78 is 16.6. The maximum Gasteiger partial charge on any atom is 0.382 e. The lowest BCUT2D eigenvalue weighted by atomic mass is 10.2. The van der Waals surface area contributed by atoms with Gasteiger partial charge >= 0.3 is 5.63 Å².